The molecule has 152 valence electrons. The highest BCUT2D eigenvalue weighted by Gasteiger charge is 2.11. The molecule has 0 unspecified atom stereocenters. The van der Waals surface area contributed by atoms with Crippen LogP contribution in [0.2, 0.25) is 0 Å². The maximum atomic E-state index is 12.1. The second-order valence-electron chi connectivity index (χ2n) is 6.42. The Hall–Kier alpha value is -3.31. The zero-order valence-electron chi connectivity index (χ0n) is 16.6. The second-order valence-corrected chi connectivity index (χ2v) is 8.41. The Bertz CT molecular complexity index is 1070. The second kappa shape index (κ2) is 9.75. The zero-order chi connectivity index (χ0) is 21.4. The van der Waals surface area contributed by atoms with Crippen LogP contribution in [0.4, 0.5) is 5.69 Å². The van der Waals surface area contributed by atoms with E-state index in [4.69, 9.17) is 6.42 Å². The monoisotopic (exact) mass is 412 g/mol. The van der Waals surface area contributed by atoms with E-state index in [-0.39, 0.29) is 12.5 Å². The van der Waals surface area contributed by atoms with Crippen molar-refractivity contribution in [3.8, 4) is 12.3 Å². The van der Waals surface area contributed by atoms with Crippen molar-refractivity contribution in [2.45, 2.75) is 18.4 Å². The molecule has 0 heterocycles. The number of guanidine groups is 1. The van der Waals surface area contributed by atoms with Crippen LogP contribution in [0.1, 0.15) is 16.7 Å². The van der Waals surface area contributed by atoms with Crippen molar-refractivity contribution in [2.75, 3.05) is 25.2 Å². The number of carbonyl (C=O) groups excluding carboxylic acids is 1. The minimum Gasteiger partial charge on any atom is -0.352 e. The van der Waals surface area contributed by atoms with E-state index < -0.39 is 9.84 Å². The van der Waals surface area contributed by atoms with Gasteiger partial charge in [-0.05, 0) is 42.3 Å². The normalized spacial score (nSPS) is 11.4. The van der Waals surface area contributed by atoms with Crippen molar-refractivity contribution in [3.63, 3.8) is 0 Å². The van der Waals surface area contributed by atoms with E-state index >= 15 is 0 Å². The molecule has 0 spiro atoms. The van der Waals surface area contributed by atoms with Crippen LogP contribution in [0, 0.1) is 19.3 Å². The van der Waals surface area contributed by atoms with Crippen molar-refractivity contribution in [1.82, 2.24) is 10.6 Å². The van der Waals surface area contributed by atoms with Gasteiger partial charge in [0.2, 0.25) is 5.91 Å². The number of nitrogens with zero attached hydrogens (tertiary/aromatic N) is 1. The lowest BCUT2D eigenvalue weighted by atomic mass is 10.1. The van der Waals surface area contributed by atoms with Crippen molar-refractivity contribution < 1.29 is 13.2 Å². The van der Waals surface area contributed by atoms with E-state index in [0.29, 0.717) is 34.2 Å². The molecule has 0 saturated carbocycles. The van der Waals surface area contributed by atoms with E-state index in [1.807, 2.05) is 6.07 Å². The molecule has 8 heteroatoms. The third-order valence-electron chi connectivity index (χ3n) is 4.05. The molecule has 0 aliphatic heterocycles. The van der Waals surface area contributed by atoms with Gasteiger partial charge in [-0.15, -0.1) is 6.42 Å². The van der Waals surface area contributed by atoms with Crippen molar-refractivity contribution >= 4 is 27.4 Å². The van der Waals surface area contributed by atoms with Crippen molar-refractivity contribution in [2.24, 2.45) is 4.99 Å². The predicted octanol–water partition coefficient (Wildman–Crippen LogP) is 1.68. The first-order chi connectivity index (χ1) is 13.7. The fraction of sp³-hybridized carbons (Fsp3) is 0.238. The van der Waals surface area contributed by atoms with Crippen LogP contribution in [0.5, 0.6) is 0 Å². The van der Waals surface area contributed by atoms with Crippen LogP contribution < -0.4 is 16.0 Å². The molecule has 3 N–H and O–H groups in total. The predicted molar refractivity (Wildman–Crippen MR) is 115 cm³/mol. The van der Waals surface area contributed by atoms with Crippen LogP contribution in [0.15, 0.2) is 52.4 Å². The number of hydrogen-bond donors (Lipinski definition) is 3. The molecular weight excluding hydrogens is 388 g/mol. The largest absolute Gasteiger partial charge is 0.352 e. The third kappa shape index (κ3) is 6.66. The topological polar surface area (TPSA) is 99.7 Å². The number of sulfone groups is 1. The number of amides is 1. The van der Waals surface area contributed by atoms with E-state index in [1.54, 1.807) is 50.4 Å². The molecule has 0 aliphatic rings. The van der Waals surface area contributed by atoms with Crippen molar-refractivity contribution in [3.05, 3.63) is 59.2 Å². The quantitative estimate of drug-likeness (QED) is 0.381. The highest BCUT2D eigenvalue weighted by Crippen LogP contribution is 2.16. The number of carbonyl (C=O) groups is 1. The molecule has 1 amide bonds. The van der Waals surface area contributed by atoms with E-state index in [1.165, 1.54) is 6.26 Å². The molecule has 2 aromatic rings. The molecule has 29 heavy (non-hydrogen) atoms. The average Bonchev–Trinajstić information content (AvgIpc) is 2.67. The van der Waals surface area contributed by atoms with Gasteiger partial charge in [-0.25, -0.2) is 8.42 Å². The molecule has 0 saturated heterocycles. The average molecular weight is 413 g/mol. The van der Waals surface area contributed by atoms with Gasteiger partial charge in [-0.3, -0.25) is 9.79 Å². The van der Waals surface area contributed by atoms with E-state index in [9.17, 15) is 13.2 Å². The van der Waals surface area contributed by atoms with Crippen LogP contribution in [-0.2, 0) is 21.2 Å². The molecule has 0 bridgehead atoms. The van der Waals surface area contributed by atoms with E-state index in [0.717, 1.165) is 5.56 Å². The van der Waals surface area contributed by atoms with Gasteiger partial charge in [0.05, 0.1) is 11.4 Å². The van der Waals surface area contributed by atoms with Crippen LogP contribution in [0.3, 0.4) is 0 Å². The van der Waals surface area contributed by atoms with Crippen LogP contribution >= 0.6 is 0 Å². The van der Waals surface area contributed by atoms with Gasteiger partial charge in [0.25, 0.3) is 0 Å². The smallest absolute Gasteiger partial charge is 0.243 e. The molecule has 0 radical (unpaired) electrons. The summed E-state index contributed by atoms with van der Waals surface area (Å²) in [5.41, 5.74) is 2.89. The van der Waals surface area contributed by atoms with Gasteiger partial charge in [0.1, 0.15) is 0 Å². The Morgan fingerprint density at radius 1 is 1.17 bits per heavy atom. The maximum absolute atomic E-state index is 12.1. The molecule has 0 aromatic heterocycles. The van der Waals surface area contributed by atoms with Gasteiger partial charge in [-0.1, -0.05) is 24.1 Å². The number of benzene rings is 2. The molecule has 0 fully saturated rings. The van der Waals surface area contributed by atoms with E-state index in [2.05, 4.69) is 26.9 Å². The molecule has 2 rings (SSSR count). The SMILES string of the molecule is C#Cc1cccc(NC(=O)CNC(=NC)NCc2ccc(S(C)(=O)=O)c(C)c2)c1. The molecule has 0 aliphatic carbocycles. The fourth-order valence-electron chi connectivity index (χ4n) is 2.70. The number of terminal acetylenes is 1. The summed E-state index contributed by atoms with van der Waals surface area (Å²) in [6.45, 7) is 2.20. The van der Waals surface area contributed by atoms with Gasteiger partial charge in [0, 0.05) is 31.1 Å². The Morgan fingerprint density at radius 3 is 2.55 bits per heavy atom. The van der Waals surface area contributed by atoms with Gasteiger partial charge in [0.15, 0.2) is 15.8 Å². The number of anilines is 1. The molecular formula is C21H24N4O3S. The Balaban J connectivity index is 1.88. The summed E-state index contributed by atoms with van der Waals surface area (Å²) >= 11 is 0. The summed E-state index contributed by atoms with van der Waals surface area (Å²) in [6, 6.07) is 12.2. The first-order valence-corrected chi connectivity index (χ1v) is 10.7. The summed E-state index contributed by atoms with van der Waals surface area (Å²) < 4.78 is 23.4. The Kier molecular flexibility index (Phi) is 7.39. The highest BCUT2D eigenvalue weighted by molar-refractivity contribution is 7.90. The number of hydrogen-bond acceptors (Lipinski definition) is 4. The van der Waals surface area contributed by atoms with Crippen LogP contribution in [0.25, 0.3) is 0 Å². The van der Waals surface area contributed by atoms with Gasteiger partial charge in [-0.2, -0.15) is 0 Å². The Morgan fingerprint density at radius 2 is 1.93 bits per heavy atom. The summed E-state index contributed by atoms with van der Waals surface area (Å²) in [5.74, 6) is 2.72. The minimum absolute atomic E-state index is 0.0198. The number of nitrogens with one attached hydrogen (secondary N) is 3. The lowest BCUT2D eigenvalue weighted by Gasteiger charge is -2.13. The molecule has 7 nitrogen and oxygen atoms in total. The number of aliphatic imine (C=N–C) groups is 1. The fourth-order valence-corrected chi connectivity index (χ4v) is 3.66. The van der Waals surface area contributed by atoms with Crippen LogP contribution in [-0.4, -0.2) is 40.1 Å². The van der Waals surface area contributed by atoms with Gasteiger partial charge < -0.3 is 16.0 Å². The third-order valence-corrected chi connectivity index (χ3v) is 5.31. The Labute approximate surface area is 171 Å². The summed E-state index contributed by atoms with van der Waals surface area (Å²) in [7, 11) is -1.65. The van der Waals surface area contributed by atoms with Gasteiger partial charge >= 0.3 is 0 Å². The maximum Gasteiger partial charge on any atom is 0.243 e. The lowest BCUT2D eigenvalue weighted by molar-refractivity contribution is -0.115. The summed E-state index contributed by atoms with van der Waals surface area (Å²) in [6.07, 6.45) is 6.54. The van der Waals surface area contributed by atoms with Crippen molar-refractivity contribution in [1.29, 1.82) is 0 Å². The number of rotatable bonds is 6. The summed E-state index contributed by atoms with van der Waals surface area (Å²) in [5, 5.41) is 8.78. The number of aryl methyl sites for hydroxylation is 1. The molecule has 0 atom stereocenters. The first-order valence-electron chi connectivity index (χ1n) is 8.83. The minimum atomic E-state index is -3.25. The highest BCUT2D eigenvalue weighted by atomic mass is 32.2. The first kappa shape index (κ1) is 22.0. The standard InChI is InChI=1S/C21H24N4O3S/c1-5-16-7-6-8-18(12-16)25-20(26)14-24-21(22-3)23-13-17-9-10-19(15(2)11-17)29(4,27)28/h1,6-12H,13-14H2,2-4H3,(H,25,26)(H2,22,23,24). The summed E-state index contributed by atoms with van der Waals surface area (Å²) in [4.78, 5) is 16.5. The molecule has 2 aromatic carbocycles. The zero-order valence-corrected chi connectivity index (χ0v) is 17.4. The lowest BCUT2D eigenvalue weighted by Crippen LogP contribution is -2.41.